The Morgan fingerprint density at radius 1 is 0.815 bits per heavy atom. The molecule has 0 spiro atoms. The van der Waals surface area contributed by atoms with Crippen molar-refractivity contribution < 1.29 is 17.2 Å². The van der Waals surface area contributed by atoms with Crippen LogP contribution < -0.4 is 5.55 Å². The van der Waals surface area contributed by atoms with Gasteiger partial charge in [-0.25, -0.2) is 17.8 Å². The quantitative estimate of drug-likeness (QED) is 0.521. The first-order valence-corrected chi connectivity index (χ1v) is 9.66. The molecule has 27 heavy (non-hydrogen) atoms. The van der Waals surface area contributed by atoms with Crippen molar-refractivity contribution in [1.29, 1.82) is 0 Å². The van der Waals surface area contributed by atoms with Crippen LogP contribution in [0.3, 0.4) is 0 Å². The molecule has 1 aromatic heterocycles. The maximum absolute atomic E-state index is 13.5. The Morgan fingerprint density at radius 3 is 2.33 bits per heavy atom. The molecular weight excluding hydrogens is 365 g/mol. The van der Waals surface area contributed by atoms with Crippen molar-refractivity contribution >= 4 is 26.5 Å². The van der Waals surface area contributed by atoms with Gasteiger partial charge < -0.3 is 4.42 Å². The predicted molar refractivity (Wildman–Crippen MR) is 99.7 cm³/mol. The fourth-order valence-electron chi connectivity index (χ4n) is 2.71. The van der Waals surface area contributed by atoms with E-state index in [4.69, 9.17) is 4.42 Å². The lowest BCUT2D eigenvalue weighted by atomic mass is 10.2. The van der Waals surface area contributed by atoms with Gasteiger partial charge >= 0.3 is 0 Å². The molecule has 0 saturated heterocycles. The third-order valence-corrected chi connectivity index (χ3v) is 5.77. The molecular formula is C21H14FNO3S. The maximum Gasteiger partial charge on any atom is 0.239 e. The van der Waals surface area contributed by atoms with Crippen molar-refractivity contribution in [3.63, 3.8) is 0 Å². The van der Waals surface area contributed by atoms with Crippen molar-refractivity contribution in [1.82, 2.24) is 0 Å². The highest BCUT2D eigenvalue weighted by atomic mass is 32.2. The highest BCUT2D eigenvalue weighted by molar-refractivity contribution is 7.91. The van der Waals surface area contributed by atoms with Gasteiger partial charge in [-0.3, -0.25) is 0 Å². The number of halogens is 1. The highest BCUT2D eigenvalue weighted by Crippen LogP contribution is 2.23. The van der Waals surface area contributed by atoms with Crippen LogP contribution in [0.4, 0.5) is 10.1 Å². The maximum atomic E-state index is 13.5. The van der Waals surface area contributed by atoms with Crippen molar-refractivity contribution in [2.45, 2.75) is 9.79 Å². The van der Waals surface area contributed by atoms with Gasteiger partial charge in [0, 0.05) is 5.39 Å². The molecule has 0 unspecified atom stereocenters. The summed E-state index contributed by atoms with van der Waals surface area (Å²) in [6.07, 6.45) is 0. The van der Waals surface area contributed by atoms with E-state index in [0.717, 1.165) is 0 Å². The minimum atomic E-state index is -3.87. The largest absolute Gasteiger partial charge is 0.437 e. The summed E-state index contributed by atoms with van der Waals surface area (Å²) in [5.41, 5.74) is 0.654. The van der Waals surface area contributed by atoms with Gasteiger partial charge in [0.2, 0.25) is 15.4 Å². The van der Waals surface area contributed by atoms with Crippen LogP contribution in [-0.4, -0.2) is 8.42 Å². The smallest absolute Gasteiger partial charge is 0.239 e. The second kappa shape index (κ2) is 6.81. The van der Waals surface area contributed by atoms with E-state index in [1.807, 2.05) is 0 Å². The van der Waals surface area contributed by atoms with Gasteiger partial charge in [-0.2, -0.15) is 0 Å². The van der Waals surface area contributed by atoms with Crippen molar-refractivity contribution in [2.75, 3.05) is 0 Å². The molecule has 0 aliphatic carbocycles. The zero-order valence-corrected chi connectivity index (χ0v) is 14.9. The molecule has 0 N–H and O–H groups in total. The molecule has 4 rings (SSSR count). The fraction of sp³-hybridized carbons (Fsp3) is 0. The van der Waals surface area contributed by atoms with E-state index in [1.54, 1.807) is 48.5 Å². The molecule has 0 amide bonds. The summed E-state index contributed by atoms with van der Waals surface area (Å²) in [7, 11) is -3.87. The molecule has 0 fully saturated rings. The molecule has 0 radical (unpaired) electrons. The molecule has 0 saturated carbocycles. The minimum absolute atomic E-state index is 0.0725. The Bertz CT molecular complexity index is 1300. The average molecular weight is 379 g/mol. The summed E-state index contributed by atoms with van der Waals surface area (Å²) < 4.78 is 45.6. The Hall–Kier alpha value is -3.25. The molecule has 3 aromatic carbocycles. The number of para-hydroxylation sites is 1. The van der Waals surface area contributed by atoms with Gasteiger partial charge in [0.25, 0.3) is 0 Å². The zero-order valence-electron chi connectivity index (χ0n) is 14.0. The topological polar surface area (TPSA) is 59.6 Å². The zero-order chi connectivity index (χ0) is 18.9. The molecule has 134 valence electrons. The Morgan fingerprint density at radius 2 is 1.56 bits per heavy atom. The molecule has 6 heteroatoms. The summed E-state index contributed by atoms with van der Waals surface area (Å²) in [6.45, 7) is 0. The molecule has 0 bridgehead atoms. The highest BCUT2D eigenvalue weighted by Gasteiger charge is 2.22. The molecule has 0 atom stereocenters. The van der Waals surface area contributed by atoms with Crippen molar-refractivity contribution in [2.24, 2.45) is 4.99 Å². The van der Waals surface area contributed by atoms with Crippen LogP contribution >= 0.6 is 0 Å². The average Bonchev–Trinajstić information content (AvgIpc) is 2.68. The Kier molecular flexibility index (Phi) is 4.33. The van der Waals surface area contributed by atoms with E-state index >= 15 is 0 Å². The lowest BCUT2D eigenvalue weighted by molar-refractivity contribution is 0.517. The van der Waals surface area contributed by atoms with E-state index in [2.05, 4.69) is 4.99 Å². The molecule has 4 nitrogen and oxygen atoms in total. The van der Waals surface area contributed by atoms with Gasteiger partial charge in [0.1, 0.15) is 16.3 Å². The summed E-state index contributed by atoms with van der Waals surface area (Å²) in [4.78, 5) is 4.32. The van der Waals surface area contributed by atoms with Crippen molar-refractivity contribution in [3.8, 4) is 0 Å². The molecule has 4 aromatic rings. The van der Waals surface area contributed by atoms with Crippen LogP contribution in [0, 0.1) is 5.82 Å². The van der Waals surface area contributed by atoms with Gasteiger partial charge in [-0.1, -0.05) is 42.5 Å². The molecule has 0 aliphatic rings. The van der Waals surface area contributed by atoms with Crippen LogP contribution in [0.25, 0.3) is 11.0 Å². The normalized spacial score (nSPS) is 12.4. The van der Waals surface area contributed by atoms with Crippen LogP contribution in [-0.2, 0) is 9.84 Å². The van der Waals surface area contributed by atoms with E-state index < -0.39 is 15.7 Å². The molecule has 0 aliphatic heterocycles. The van der Waals surface area contributed by atoms with Crippen LogP contribution in [0.15, 0.2) is 104 Å². The SMILES string of the molecule is O=S(=O)(c1ccccc1)c1cc2ccccc2oc1=Nc1cccc(F)c1. The van der Waals surface area contributed by atoms with Crippen LogP contribution in [0.5, 0.6) is 0 Å². The number of hydrogen-bond acceptors (Lipinski definition) is 4. The Labute approximate surface area is 155 Å². The number of sulfone groups is 1. The number of hydrogen-bond donors (Lipinski definition) is 0. The van der Waals surface area contributed by atoms with E-state index in [9.17, 15) is 12.8 Å². The monoisotopic (exact) mass is 379 g/mol. The first-order chi connectivity index (χ1) is 13.0. The Balaban J connectivity index is 2.04. The van der Waals surface area contributed by atoms with E-state index in [1.165, 1.54) is 36.4 Å². The number of nitrogens with zero attached hydrogens (tertiary/aromatic N) is 1. The first kappa shape index (κ1) is 17.2. The van der Waals surface area contributed by atoms with Gasteiger partial charge in [-0.15, -0.1) is 0 Å². The first-order valence-electron chi connectivity index (χ1n) is 8.17. The van der Waals surface area contributed by atoms with Gasteiger partial charge in [-0.05, 0) is 42.5 Å². The standard InChI is InChI=1S/C21H14FNO3S/c22-16-8-6-9-17(14-16)23-21-20(13-15-7-4-5-12-19(15)26-21)27(24,25)18-10-2-1-3-11-18/h1-14H. The second-order valence-electron chi connectivity index (χ2n) is 5.86. The number of fused-ring (bicyclic) bond motifs is 1. The summed E-state index contributed by atoms with van der Waals surface area (Å²) in [5.74, 6) is -0.468. The van der Waals surface area contributed by atoms with Crippen LogP contribution in [0.1, 0.15) is 0 Å². The van der Waals surface area contributed by atoms with E-state index in [0.29, 0.717) is 11.0 Å². The van der Waals surface area contributed by atoms with Crippen molar-refractivity contribution in [3.05, 3.63) is 96.3 Å². The molecule has 1 heterocycles. The second-order valence-corrected chi connectivity index (χ2v) is 7.78. The summed E-state index contributed by atoms with van der Waals surface area (Å²) in [6, 6.07) is 22.2. The van der Waals surface area contributed by atoms with Gasteiger partial charge in [0.05, 0.1) is 10.6 Å². The number of benzene rings is 3. The lowest BCUT2D eigenvalue weighted by Crippen LogP contribution is -2.15. The van der Waals surface area contributed by atoms with Crippen LogP contribution in [0.2, 0.25) is 0 Å². The van der Waals surface area contributed by atoms with Gasteiger partial charge in [0.15, 0.2) is 0 Å². The minimum Gasteiger partial charge on any atom is -0.437 e. The fourth-order valence-corrected chi connectivity index (χ4v) is 4.08. The lowest BCUT2D eigenvalue weighted by Gasteiger charge is -2.07. The summed E-state index contributed by atoms with van der Waals surface area (Å²) in [5, 5.41) is 0.630. The summed E-state index contributed by atoms with van der Waals surface area (Å²) >= 11 is 0. The predicted octanol–water partition coefficient (Wildman–Crippen LogP) is 4.64. The number of rotatable bonds is 3. The van der Waals surface area contributed by atoms with E-state index in [-0.39, 0.29) is 21.0 Å². The third kappa shape index (κ3) is 3.39. The third-order valence-electron chi connectivity index (χ3n) is 4.00.